The van der Waals surface area contributed by atoms with Gasteiger partial charge in [0.1, 0.15) is 11.8 Å². The van der Waals surface area contributed by atoms with Crippen molar-refractivity contribution in [2.45, 2.75) is 19.1 Å². The molecule has 1 saturated heterocycles. The van der Waals surface area contributed by atoms with Gasteiger partial charge in [-0.3, -0.25) is 4.79 Å². The standard InChI is InChI=1S/C13H14N2O3/c1-9(13(17)15-7-11(16)8-15)18-12-5-3-2-4-10(12)6-14/h2-5,9,11,16H,7-8H2,1H3. The predicted molar refractivity (Wildman–Crippen MR) is 63.8 cm³/mol. The van der Waals surface area contributed by atoms with Crippen LogP contribution in [0.5, 0.6) is 5.75 Å². The van der Waals surface area contributed by atoms with E-state index in [1.165, 1.54) is 4.90 Å². The van der Waals surface area contributed by atoms with Crippen molar-refractivity contribution in [1.29, 1.82) is 5.26 Å². The predicted octanol–water partition coefficient (Wildman–Crippen LogP) is 0.529. The molecule has 1 aliphatic rings. The number of aliphatic hydroxyl groups excluding tert-OH is 1. The monoisotopic (exact) mass is 246 g/mol. The molecule has 1 unspecified atom stereocenters. The number of nitriles is 1. The van der Waals surface area contributed by atoms with E-state index in [0.717, 1.165) is 0 Å². The summed E-state index contributed by atoms with van der Waals surface area (Å²) >= 11 is 0. The zero-order valence-electron chi connectivity index (χ0n) is 10.0. The van der Waals surface area contributed by atoms with Crippen LogP contribution in [0.2, 0.25) is 0 Å². The van der Waals surface area contributed by atoms with Crippen LogP contribution in [0.15, 0.2) is 24.3 Å². The van der Waals surface area contributed by atoms with Gasteiger partial charge in [0.25, 0.3) is 5.91 Å². The van der Waals surface area contributed by atoms with Gasteiger partial charge in [0.15, 0.2) is 6.10 Å². The first-order valence-corrected chi connectivity index (χ1v) is 5.74. The molecule has 1 aromatic rings. The Kier molecular flexibility index (Phi) is 3.49. The highest BCUT2D eigenvalue weighted by Crippen LogP contribution is 2.19. The van der Waals surface area contributed by atoms with Gasteiger partial charge in [-0.2, -0.15) is 5.26 Å². The Balaban J connectivity index is 2.01. The molecule has 18 heavy (non-hydrogen) atoms. The summed E-state index contributed by atoms with van der Waals surface area (Å²) in [6.07, 6.45) is -1.08. The highest BCUT2D eigenvalue weighted by atomic mass is 16.5. The molecule has 0 spiro atoms. The molecule has 0 bridgehead atoms. The number of amides is 1. The number of para-hydroxylation sites is 1. The van der Waals surface area contributed by atoms with Crippen LogP contribution in [0.1, 0.15) is 12.5 Å². The van der Waals surface area contributed by atoms with Gasteiger partial charge in [-0.25, -0.2) is 0 Å². The smallest absolute Gasteiger partial charge is 0.263 e. The average molecular weight is 246 g/mol. The number of rotatable bonds is 3. The van der Waals surface area contributed by atoms with Crippen LogP contribution in [0, 0.1) is 11.3 Å². The zero-order valence-corrected chi connectivity index (χ0v) is 10.0. The molecule has 1 aromatic carbocycles. The number of benzene rings is 1. The fourth-order valence-electron chi connectivity index (χ4n) is 1.80. The maximum absolute atomic E-state index is 11.9. The summed E-state index contributed by atoms with van der Waals surface area (Å²) in [7, 11) is 0. The maximum Gasteiger partial charge on any atom is 0.263 e. The first-order valence-electron chi connectivity index (χ1n) is 5.74. The number of ether oxygens (including phenoxy) is 1. The minimum absolute atomic E-state index is 0.173. The van der Waals surface area contributed by atoms with Crippen molar-refractivity contribution in [2.75, 3.05) is 13.1 Å². The number of hydrogen-bond donors (Lipinski definition) is 1. The molecule has 94 valence electrons. The third-order valence-electron chi connectivity index (χ3n) is 2.83. The third-order valence-corrected chi connectivity index (χ3v) is 2.83. The molecule has 5 nitrogen and oxygen atoms in total. The van der Waals surface area contributed by atoms with Gasteiger partial charge in [-0.05, 0) is 19.1 Å². The van der Waals surface area contributed by atoms with Gasteiger partial charge in [0.05, 0.1) is 11.7 Å². The second-order valence-corrected chi connectivity index (χ2v) is 4.27. The lowest BCUT2D eigenvalue weighted by atomic mass is 10.1. The summed E-state index contributed by atoms with van der Waals surface area (Å²) in [4.78, 5) is 13.4. The second-order valence-electron chi connectivity index (χ2n) is 4.27. The largest absolute Gasteiger partial charge is 0.480 e. The van der Waals surface area contributed by atoms with Crippen LogP contribution in [-0.2, 0) is 4.79 Å². The zero-order chi connectivity index (χ0) is 13.1. The van der Waals surface area contributed by atoms with Crippen LogP contribution in [0.4, 0.5) is 0 Å². The number of likely N-dealkylation sites (tertiary alicyclic amines) is 1. The number of aliphatic hydroxyl groups is 1. The molecule has 1 heterocycles. The van der Waals surface area contributed by atoms with Crippen molar-refractivity contribution >= 4 is 5.91 Å². The molecule has 1 aliphatic heterocycles. The van der Waals surface area contributed by atoms with E-state index in [1.54, 1.807) is 31.2 Å². The molecule has 0 saturated carbocycles. The molecule has 1 amide bonds. The molecule has 1 N–H and O–H groups in total. The Morgan fingerprint density at radius 3 is 2.83 bits per heavy atom. The maximum atomic E-state index is 11.9. The van der Waals surface area contributed by atoms with E-state index in [2.05, 4.69) is 0 Å². The van der Waals surface area contributed by atoms with Crippen LogP contribution >= 0.6 is 0 Å². The highest BCUT2D eigenvalue weighted by Gasteiger charge is 2.32. The number of β-amino-alcohol motifs (C(OH)–C–C–N with tert-alkyl or cyclic N) is 1. The summed E-state index contributed by atoms with van der Waals surface area (Å²) < 4.78 is 5.49. The second kappa shape index (κ2) is 5.07. The number of carbonyl (C=O) groups is 1. The Morgan fingerprint density at radius 1 is 1.56 bits per heavy atom. The van der Waals surface area contributed by atoms with Crippen molar-refractivity contribution in [1.82, 2.24) is 4.90 Å². The summed E-state index contributed by atoms with van der Waals surface area (Å²) in [5.74, 6) is 0.231. The molecule has 5 heteroatoms. The molecule has 0 radical (unpaired) electrons. The van der Waals surface area contributed by atoms with Crippen molar-refractivity contribution in [3.8, 4) is 11.8 Å². The number of nitrogens with zero attached hydrogens (tertiary/aromatic N) is 2. The molecular formula is C13H14N2O3. The van der Waals surface area contributed by atoms with Crippen molar-refractivity contribution in [3.05, 3.63) is 29.8 Å². The Hall–Kier alpha value is -2.06. The van der Waals surface area contributed by atoms with Gasteiger partial charge in [-0.1, -0.05) is 12.1 Å². The van der Waals surface area contributed by atoms with E-state index in [4.69, 9.17) is 15.1 Å². The lowest BCUT2D eigenvalue weighted by molar-refractivity contribution is -0.148. The summed E-state index contributed by atoms with van der Waals surface area (Å²) in [6, 6.07) is 8.80. The van der Waals surface area contributed by atoms with E-state index in [0.29, 0.717) is 24.4 Å². The first kappa shape index (κ1) is 12.4. The van der Waals surface area contributed by atoms with Crippen LogP contribution < -0.4 is 4.74 Å². The van der Waals surface area contributed by atoms with Crippen molar-refractivity contribution < 1.29 is 14.6 Å². The fourth-order valence-corrected chi connectivity index (χ4v) is 1.80. The Bertz CT molecular complexity index is 489. The van der Waals surface area contributed by atoms with E-state index < -0.39 is 12.2 Å². The SMILES string of the molecule is CC(Oc1ccccc1C#N)C(=O)N1CC(O)C1. The van der Waals surface area contributed by atoms with E-state index in [-0.39, 0.29) is 5.91 Å². The van der Waals surface area contributed by atoms with E-state index in [9.17, 15) is 4.79 Å². The van der Waals surface area contributed by atoms with Crippen molar-refractivity contribution in [2.24, 2.45) is 0 Å². The molecule has 1 atom stereocenters. The van der Waals surface area contributed by atoms with Gasteiger partial charge >= 0.3 is 0 Å². The van der Waals surface area contributed by atoms with Gasteiger partial charge in [-0.15, -0.1) is 0 Å². The summed E-state index contributed by atoms with van der Waals surface area (Å²) in [5, 5.41) is 18.1. The minimum Gasteiger partial charge on any atom is -0.480 e. The quantitative estimate of drug-likeness (QED) is 0.844. The summed E-state index contributed by atoms with van der Waals surface area (Å²) in [5.41, 5.74) is 0.404. The topological polar surface area (TPSA) is 73.6 Å². The van der Waals surface area contributed by atoms with Gasteiger partial charge in [0, 0.05) is 13.1 Å². The molecule has 2 rings (SSSR count). The Morgan fingerprint density at radius 2 is 2.22 bits per heavy atom. The normalized spacial score (nSPS) is 16.6. The van der Waals surface area contributed by atoms with Gasteiger partial charge in [0.2, 0.25) is 0 Å². The number of carbonyl (C=O) groups excluding carboxylic acids is 1. The highest BCUT2D eigenvalue weighted by molar-refractivity contribution is 5.81. The molecule has 0 aromatic heterocycles. The molecule has 0 aliphatic carbocycles. The Labute approximate surface area is 105 Å². The van der Waals surface area contributed by atoms with Crippen molar-refractivity contribution in [3.63, 3.8) is 0 Å². The first-order chi connectivity index (χ1) is 8.61. The van der Waals surface area contributed by atoms with E-state index in [1.807, 2.05) is 6.07 Å². The lowest BCUT2D eigenvalue weighted by Crippen LogP contribution is -2.56. The lowest BCUT2D eigenvalue weighted by Gasteiger charge is -2.37. The average Bonchev–Trinajstić information content (AvgIpc) is 2.34. The van der Waals surface area contributed by atoms with Gasteiger partial charge < -0.3 is 14.7 Å². The molecular weight excluding hydrogens is 232 g/mol. The number of hydrogen-bond acceptors (Lipinski definition) is 4. The van der Waals surface area contributed by atoms with E-state index >= 15 is 0 Å². The third kappa shape index (κ3) is 2.44. The molecule has 1 fully saturated rings. The minimum atomic E-state index is -0.660. The van der Waals surface area contributed by atoms with Crippen LogP contribution in [0.3, 0.4) is 0 Å². The van der Waals surface area contributed by atoms with Crippen LogP contribution in [-0.4, -0.2) is 41.2 Å². The summed E-state index contributed by atoms with van der Waals surface area (Å²) in [6.45, 7) is 2.35. The fraction of sp³-hybridized carbons (Fsp3) is 0.385. The van der Waals surface area contributed by atoms with Crippen LogP contribution in [0.25, 0.3) is 0 Å².